The molecule has 0 saturated heterocycles. The van der Waals surface area contributed by atoms with E-state index >= 15 is 0 Å². The normalized spacial score (nSPS) is 11.7. The first-order valence-electron chi connectivity index (χ1n) is 8.88. The van der Waals surface area contributed by atoms with E-state index < -0.39 is 17.8 Å². The first-order valence-corrected chi connectivity index (χ1v) is 8.88. The number of aliphatic hydroxyl groups excluding tert-OH is 1. The number of rotatable bonds is 6. The lowest BCUT2D eigenvalue weighted by atomic mass is 9.97. The molecular formula is C23H20FNO3. The average Bonchev–Trinajstić information content (AvgIpc) is 2.71. The highest BCUT2D eigenvalue weighted by Crippen LogP contribution is 2.17. The first-order chi connectivity index (χ1) is 13.5. The molecule has 142 valence electrons. The summed E-state index contributed by atoms with van der Waals surface area (Å²) in [5, 5.41) is 13.0. The highest BCUT2D eigenvalue weighted by Gasteiger charge is 2.19. The number of carbonyl (C=O) groups excluding carboxylic acids is 2. The fraction of sp³-hybridized carbons (Fsp3) is 0.130. The van der Waals surface area contributed by atoms with E-state index in [4.69, 9.17) is 0 Å². The van der Waals surface area contributed by atoms with Crippen LogP contribution in [0.1, 0.15) is 43.5 Å². The summed E-state index contributed by atoms with van der Waals surface area (Å²) in [6, 6.07) is 19.0. The summed E-state index contributed by atoms with van der Waals surface area (Å²) in [6.07, 6.45) is -0.858. The van der Waals surface area contributed by atoms with Crippen molar-refractivity contribution >= 4 is 11.7 Å². The topological polar surface area (TPSA) is 66.4 Å². The summed E-state index contributed by atoms with van der Waals surface area (Å²) in [4.78, 5) is 25.4. The number of aliphatic hydroxyl groups is 1. The van der Waals surface area contributed by atoms with Crippen LogP contribution in [0.5, 0.6) is 0 Å². The Morgan fingerprint density at radius 3 is 2.32 bits per heavy atom. The molecule has 0 aliphatic heterocycles. The van der Waals surface area contributed by atoms with Crippen LogP contribution in [0.2, 0.25) is 0 Å². The van der Waals surface area contributed by atoms with Crippen molar-refractivity contribution in [3.63, 3.8) is 0 Å². The van der Waals surface area contributed by atoms with E-state index in [9.17, 15) is 19.1 Å². The molecule has 0 fully saturated rings. The van der Waals surface area contributed by atoms with Crippen molar-refractivity contribution in [1.29, 1.82) is 0 Å². The quantitative estimate of drug-likeness (QED) is 0.642. The van der Waals surface area contributed by atoms with Crippen LogP contribution in [0.4, 0.5) is 4.39 Å². The van der Waals surface area contributed by atoms with Crippen molar-refractivity contribution in [3.05, 3.63) is 106 Å². The maximum atomic E-state index is 13.1. The number of amides is 1. The lowest BCUT2D eigenvalue weighted by molar-refractivity contribution is 0.0908. The number of hydrogen-bond acceptors (Lipinski definition) is 3. The molecular weight excluding hydrogens is 357 g/mol. The molecule has 3 rings (SSSR count). The largest absolute Gasteiger partial charge is 0.387 e. The van der Waals surface area contributed by atoms with Crippen LogP contribution in [0, 0.1) is 12.7 Å². The third-order valence-corrected chi connectivity index (χ3v) is 4.41. The Kier molecular flexibility index (Phi) is 5.96. The predicted molar refractivity (Wildman–Crippen MR) is 105 cm³/mol. The molecule has 1 atom stereocenters. The molecule has 2 N–H and O–H groups in total. The fourth-order valence-electron chi connectivity index (χ4n) is 2.92. The number of nitrogens with one attached hydrogen (secondary N) is 1. The number of carbonyl (C=O) groups is 2. The number of aryl methyl sites for hydroxylation is 1. The van der Waals surface area contributed by atoms with Gasteiger partial charge in [0.15, 0.2) is 5.78 Å². The molecule has 3 aromatic rings. The van der Waals surface area contributed by atoms with E-state index in [1.165, 1.54) is 24.3 Å². The van der Waals surface area contributed by atoms with Gasteiger partial charge in [0.1, 0.15) is 5.82 Å². The molecule has 0 aromatic heterocycles. The molecule has 0 radical (unpaired) electrons. The number of halogens is 1. The van der Waals surface area contributed by atoms with Crippen LogP contribution < -0.4 is 5.32 Å². The summed E-state index contributed by atoms with van der Waals surface area (Å²) < 4.78 is 13.1. The van der Waals surface area contributed by atoms with Crippen LogP contribution in [0.25, 0.3) is 0 Å². The Morgan fingerprint density at radius 1 is 0.964 bits per heavy atom. The Labute approximate surface area is 162 Å². The van der Waals surface area contributed by atoms with Crippen molar-refractivity contribution in [2.24, 2.45) is 0 Å². The summed E-state index contributed by atoms with van der Waals surface area (Å²) in [7, 11) is 0. The van der Waals surface area contributed by atoms with Gasteiger partial charge in [-0.15, -0.1) is 0 Å². The zero-order valence-corrected chi connectivity index (χ0v) is 15.4. The van der Waals surface area contributed by atoms with E-state index in [1.54, 1.807) is 30.3 Å². The third-order valence-electron chi connectivity index (χ3n) is 4.41. The molecule has 28 heavy (non-hydrogen) atoms. The minimum atomic E-state index is -0.858. The Bertz CT molecular complexity index is 999. The molecule has 0 spiro atoms. The minimum Gasteiger partial charge on any atom is -0.387 e. The Hall–Kier alpha value is -3.31. The van der Waals surface area contributed by atoms with Crippen LogP contribution in [-0.2, 0) is 0 Å². The smallest absolute Gasteiger partial charge is 0.252 e. The summed E-state index contributed by atoms with van der Waals surface area (Å²) in [6.45, 7) is 1.94. The first kappa shape index (κ1) is 19.5. The number of hydrogen-bond donors (Lipinski definition) is 2. The summed E-state index contributed by atoms with van der Waals surface area (Å²) in [5.41, 5.74) is 2.43. The maximum Gasteiger partial charge on any atom is 0.252 e. The Morgan fingerprint density at radius 2 is 1.64 bits per heavy atom. The van der Waals surface area contributed by atoms with Crippen molar-refractivity contribution < 1.29 is 19.1 Å². The van der Waals surface area contributed by atoms with Crippen LogP contribution >= 0.6 is 0 Å². The van der Waals surface area contributed by atoms with E-state index in [2.05, 4.69) is 5.32 Å². The van der Waals surface area contributed by atoms with Gasteiger partial charge in [0.05, 0.1) is 11.7 Å². The van der Waals surface area contributed by atoms with Crippen molar-refractivity contribution in [2.75, 3.05) is 6.54 Å². The van der Waals surface area contributed by atoms with Crippen molar-refractivity contribution in [1.82, 2.24) is 5.32 Å². The fourth-order valence-corrected chi connectivity index (χ4v) is 2.92. The molecule has 1 unspecified atom stereocenters. The van der Waals surface area contributed by atoms with Gasteiger partial charge in [0.25, 0.3) is 5.91 Å². The summed E-state index contributed by atoms with van der Waals surface area (Å²) >= 11 is 0. The van der Waals surface area contributed by atoms with Crippen LogP contribution in [0.15, 0.2) is 72.8 Å². The zero-order valence-electron chi connectivity index (χ0n) is 15.4. The number of ketones is 1. The van der Waals surface area contributed by atoms with Gasteiger partial charge in [0.2, 0.25) is 0 Å². The SMILES string of the molecule is Cc1cccc(C(O)CNC(=O)c2ccccc2C(=O)c2ccc(F)cc2)c1. The molecule has 1 amide bonds. The Balaban J connectivity index is 1.75. The average molecular weight is 377 g/mol. The van der Waals surface area contributed by atoms with Crippen LogP contribution in [0.3, 0.4) is 0 Å². The second kappa shape index (κ2) is 8.59. The molecule has 0 saturated carbocycles. The highest BCUT2D eigenvalue weighted by atomic mass is 19.1. The molecule has 3 aromatic carbocycles. The van der Waals surface area contributed by atoms with Gasteiger partial charge in [-0.05, 0) is 42.8 Å². The molecule has 5 heteroatoms. The monoisotopic (exact) mass is 377 g/mol. The molecule has 0 aliphatic rings. The number of benzene rings is 3. The van der Waals surface area contributed by atoms with Gasteiger partial charge in [-0.1, -0.05) is 48.0 Å². The van der Waals surface area contributed by atoms with Gasteiger partial charge in [0, 0.05) is 17.7 Å². The van der Waals surface area contributed by atoms with Crippen molar-refractivity contribution in [3.8, 4) is 0 Å². The molecule has 0 heterocycles. The molecule has 4 nitrogen and oxygen atoms in total. The van der Waals surface area contributed by atoms with Gasteiger partial charge in [-0.3, -0.25) is 9.59 Å². The molecule has 0 aliphatic carbocycles. The zero-order chi connectivity index (χ0) is 20.1. The van der Waals surface area contributed by atoms with E-state index in [-0.39, 0.29) is 23.5 Å². The third kappa shape index (κ3) is 4.50. The molecule has 0 bridgehead atoms. The lowest BCUT2D eigenvalue weighted by Gasteiger charge is -2.14. The van der Waals surface area contributed by atoms with E-state index in [0.717, 1.165) is 5.56 Å². The van der Waals surface area contributed by atoms with Gasteiger partial charge in [-0.25, -0.2) is 4.39 Å². The predicted octanol–water partition coefficient (Wildman–Crippen LogP) is 3.83. The van der Waals surface area contributed by atoms with Gasteiger partial charge < -0.3 is 10.4 Å². The maximum absolute atomic E-state index is 13.1. The van der Waals surface area contributed by atoms with E-state index in [0.29, 0.717) is 11.1 Å². The lowest BCUT2D eigenvalue weighted by Crippen LogP contribution is -2.29. The van der Waals surface area contributed by atoms with Crippen molar-refractivity contribution in [2.45, 2.75) is 13.0 Å². The van der Waals surface area contributed by atoms with Crippen LogP contribution in [-0.4, -0.2) is 23.3 Å². The summed E-state index contributed by atoms with van der Waals surface area (Å²) in [5.74, 6) is -1.27. The van der Waals surface area contributed by atoms with Gasteiger partial charge in [-0.2, -0.15) is 0 Å². The second-order valence-electron chi connectivity index (χ2n) is 6.52. The second-order valence-corrected chi connectivity index (χ2v) is 6.52. The van der Waals surface area contributed by atoms with E-state index in [1.807, 2.05) is 25.1 Å². The van der Waals surface area contributed by atoms with Gasteiger partial charge >= 0.3 is 0 Å². The standard InChI is InChI=1S/C23H20FNO3/c1-15-5-4-6-17(13-15)21(26)14-25-23(28)20-8-3-2-7-19(20)22(27)16-9-11-18(24)12-10-16/h2-13,21,26H,14H2,1H3,(H,25,28). The minimum absolute atomic E-state index is 0.0152. The highest BCUT2D eigenvalue weighted by molar-refractivity contribution is 6.15.